The fraction of sp³-hybridized carbons (Fsp3) is 0.688. The molecule has 0 bridgehead atoms. The molecule has 2 saturated heterocycles. The Kier molecular flexibility index (Phi) is 12.0. The number of fused-ring (bicyclic) bond motifs is 1. The molecular weight excluding hydrogens is 582 g/mol. The molecule has 45 heavy (non-hydrogen) atoms. The molecule has 0 saturated carbocycles. The molecule has 1 aromatic rings. The Hall–Kier alpha value is -3.42. The van der Waals surface area contributed by atoms with Gasteiger partial charge in [0.15, 0.2) is 11.5 Å². The van der Waals surface area contributed by atoms with Gasteiger partial charge in [0.25, 0.3) is 0 Å². The van der Waals surface area contributed by atoms with Crippen molar-refractivity contribution in [2.24, 2.45) is 5.92 Å². The van der Waals surface area contributed by atoms with Crippen LogP contribution in [0.2, 0.25) is 0 Å². The summed E-state index contributed by atoms with van der Waals surface area (Å²) < 4.78 is 11.1. The number of urea groups is 1. The van der Waals surface area contributed by atoms with Crippen molar-refractivity contribution in [3.8, 4) is 11.5 Å². The van der Waals surface area contributed by atoms with E-state index >= 15 is 0 Å². The smallest absolute Gasteiger partial charge is 0.326 e. The molecule has 0 aliphatic carbocycles. The van der Waals surface area contributed by atoms with Crippen LogP contribution in [0.5, 0.6) is 11.5 Å². The molecule has 0 aromatic heterocycles. The minimum atomic E-state index is -1.02. The van der Waals surface area contributed by atoms with Crippen molar-refractivity contribution in [2.75, 3.05) is 73.7 Å². The van der Waals surface area contributed by atoms with Gasteiger partial charge in [-0.3, -0.25) is 24.2 Å². The number of hydrogen-bond acceptors (Lipinski definition) is 9. The van der Waals surface area contributed by atoms with Gasteiger partial charge in [0.1, 0.15) is 0 Å². The molecule has 4 rings (SSSR count). The lowest BCUT2D eigenvalue weighted by Gasteiger charge is -2.34. The van der Waals surface area contributed by atoms with Crippen LogP contribution in [-0.2, 0) is 21.0 Å². The fourth-order valence-corrected chi connectivity index (χ4v) is 6.63. The number of amides is 4. The van der Waals surface area contributed by atoms with Crippen molar-refractivity contribution in [3.63, 3.8) is 0 Å². The quantitative estimate of drug-likeness (QED) is 0.260. The summed E-state index contributed by atoms with van der Waals surface area (Å²) in [5.74, 6) is -1.93. The highest BCUT2D eigenvalue weighted by Gasteiger charge is 2.48. The maximum Gasteiger partial charge on any atom is 0.326 e. The number of hydrogen-bond donors (Lipinski definition) is 2. The molecule has 1 aromatic carbocycles. The molecule has 0 unspecified atom stereocenters. The molecule has 2 N–H and O–H groups in total. The molecule has 0 spiro atoms. The first-order valence-electron chi connectivity index (χ1n) is 16.0. The molecular formula is C32H49N5O8. The van der Waals surface area contributed by atoms with Crippen LogP contribution >= 0.6 is 0 Å². The predicted octanol–water partition coefficient (Wildman–Crippen LogP) is 2.02. The molecule has 13 heteroatoms. The maximum atomic E-state index is 13.8. The van der Waals surface area contributed by atoms with Crippen LogP contribution < -0.4 is 9.47 Å². The summed E-state index contributed by atoms with van der Waals surface area (Å²) in [4.78, 5) is 60.9. The van der Waals surface area contributed by atoms with Gasteiger partial charge < -0.3 is 34.4 Å². The van der Waals surface area contributed by atoms with Crippen molar-refractivity contribution in [1.82, 2.24) is 24.5 Å². The van der Waals surface area contributed by atoms with Gasteiger partial charge >= 0.3 is 12.0 Å². The zero-order valence-electron chi connectivity index (χ0n) is 27.1. The number of carboxylic acids is 1. The van der Waals surface area contributed by atoms with Crippen LogP contribution in [0, 0.1) is 5.92 Å². The number of aliphatic hydroxyl groups is 1. The van der Waals surface area contributed by atoms with E-state index in [1.165, 1.54) is 9.80 Å². The number of carbonyl (C=O) groups excluding carboxylic acids is 3. The third-order valence-electron chi connectivity index (χ3n) is 9.13. The number of carbonyl (C=O) groups is 4. The Bertz CT molecular complexity index is 1230. The van der Waals surface area contributed by atoms with Gasteiger partial charge in [-0.25, -0.2) is 4.79 Å². The summed E-state index contributed by atoms with van der Waals surface area (Å²) >= 11 is 0. The van der Waals surface area contributed by atoms with Crippen LogP contribution in [-0.4, -0.2) is 138 Å². The molecule has 2 fully saturated rings. The number of imide groups is 1. The van der Waals surface area contributed by atoms with E-state index < -0.39 is 29.9 Å². The summed E-state index contributed by atoms with van der Waals surface area (Å²) in [5, 5.41) is 20.6. The Morgan fingerprint density at radius 2 is 1.80 bits per heavy atom. The number of carboxylic acid groups (broad SMARTS) is 1. The van der Waals surface area contributed by atoms with Crippen LogP contribution in [0.25, 0.3) is 0 Å². The molecule has 3 heterocycles. The molecule has 3 aliphatic rings. The van der Waals surface area contributed by atoms with Crippen molar-refractivity contribution in [2.45, 2.75) is 64.0 Å². The van der Waals surface area contributed by atoms with E-state index in [0.717, 1.165) is 32.2 Å². The summed E-state index contributed by atoms with van der Waals surface area (Å²) in [5.41, 5.74) is 1.18. The van der Waals surface area contributed by atoms with Crippen LogP contribution in [0.15, 0.2) is 12.1 Å². The van der Waals surface area contributed by atoms with Gasteiger partial charge in [-0.05, 0) is 64.0 Å². The monoisotopic (exact) mass is 631 g/mol. The van der Waals surface area contributed by atoms with Crippen molar-refractivity contribution < 1.29 is 38.9 Å². The first kappa shape index (κ1) is 34.5. The minimum Gasteiger partial charge on any atom is -0.481 e. The second-order valence-corrected chi connectivity index (χ2v) is 12.6. The summed E-state index contributed by atoms with van der Waals surface area (Å²) in [6, 6.07) is 2.49. The summed E-state index contributed by atoms with van der Waals surface area (Å²) in [7, 11) is 5.69. The lowest BCUT2D eigenvalue weighted by Crippen LogP contribution is -2.52. The van der Waals surface area contributed by atoms with Crippen molar-refractivity contribution in [3.05, 3.63) is 23.3 Å². The first-order valence-corrected chi connectivity index (χ1v) is 16.0. The van der Waals surface area contributed by atoms with Gasteiger partial charge in [0.2, 0.25) is 18.6 Å². The van der Waals surface area contributed by atoms with Gasteiger partial charge in [-0.15, -0.1) is 0 Å². The molecule has 250 valence electrons. The number of likely N-dealkylation sites (tertiary alicyclic amines) is 1. The zero-order chi connectivity index (χ0) is 32.7. The topological polar surface area (TPSA) is 143 Å². The number of aliphatic carboxylic acids is 1. The van der Waals surface area contributed by atoms with Crippen LogP contribution in [0.3, 0.4) is 0 Å². The largest absolute Gasteiger partial charge is 0.481 e. The van der Waals surface area contributed by atoms with Gasteiger partial charge in [0.05, 0.1) is 19.1 Å². The van der Waals surface area contributed by atoms with Gasteiger partial charge in [-0.2, -0.15) is 0 Å². The average Bonchev–Trinajstić information content (AvgIpc) is 3.63. The number of aliphatic hydroxyl groups excluding tert-OH is 1. The number of nitrogens with zero attached hydrogens (tertiary/aromatic N) is 5. The second-order valence-electron chi connectivity index (χ2n) is 12.6. The first-order chi connectivity index (χ1) is 21.5. The Labute approximate surface area is 265 Å². The molecule has 3 atom stereocenters. The number of rotatable bonds is 16. The third kappa shape index (κ3) is 8.25. The number of benzene rings is 1. The summed E-state index contributed by atoms with van der Waals surface area (Å²) in [6.07, 6.45) is 4.06. The minimum absolute atomic E-state index is 0.0105. The molecule has 13 nitrogen and oxygen atoms in total. The van der Waals surface area contributed by atoms with Crippen molar-refractivity contribution in [1.29, 1.82) is 0 Å². The highest BCUT2D eigenvalue weighted by atomic mass is 16.7. The third-order valence-corrected chi connectivity index (χ3v) is 9.13. The average molecular weight is 632 g/mol. The normalized spacial score (nSPS) is 21.7. The fourth-order valence-electron chi connectivity index (χ4n) is 6.63. The second kappa shape index (κ2) is 15.7. The van der Waals surface area contributed by atoms with Crippen LogP contribution in [0.4, 0.5) is 4.79 Å². The maximum absolute atomic E-state index is 13.8. The zero-order valence-corrected chi connectivity index (χ0v) is 27.1. The van der Waals surface area contributed by atoms with Gasteiger partial charge in [0, 0.05) is 63.7 Å². The number of ether oxygens (including phenoxy) is 2. The Morgan fingerprint density at radius 1 is 1.07 bits per heavy atom. The van der Waals surface area contributed by atoms with Gasteiger partial charge in [-0.1, -0.05) is 13.3 Å². The van der Waals surface area contributed by atoms with E-state index in [1.54, 1.807) is 19.2 Å². The van der Waals surface area contributed by atoms with E-state index in [0.29, 0.717) is 42.3 Å². The highest BCUT2D eigenvalue weighted by molar-refractivity contribution is 5.96. The van der Waals surface area contributed by atoms with E-state index in [1.807, 2.05) is 23.9 Å². The molecule has 0 radical (unpaired) electrons. The standard InChI is InChI=1S/C32H49N5O8/c1-5-6-12-35(13-8-7-11-33(2)3)28(40)19-36-18-24(22-16-23(20-38)30-26(17-22)44-21-45-30)29(31(41)42)25(36)9-15-37-27(39)10-14-34(4)32(37)43/h16-17,24-25,29,38H,5-15,18-21H2,1-4H3,(H,41,42)/t24-,25+,29-/m1/s1. The highest BCUT2D eigenvalue weighted by Crippen LogP contribution is 2.44. The SMILES string of the molecule is CCCCN(CCCCN(C)C)C(=O)CN1C[C@H](c2cc(CO)c3c(c2)OCO3)[C@@H](C(=O)O)[C@@H]1CCN1C(=O)CCN(C)C1=O. The summed E-state index contributed by atoms with van der Waals surface area (Å²) in [6.45, 7) is 4.69. The Morgan fingerprint density at radius 3 is 2.49 bits per heavy atom. The van der Waals surface area contributed by atoms with E-state index in [2.05, 4.69) is 11.8 Å². The van der Waals surface area contributed by atoms with E-state index in [4.69, 9.17) is 9.47 Å². The predicted molar refractivity (Wildman–Crippen MR) is 166 cm³/mol. The Balaban J connectivity index is 1.61. The van der Waals surface area contributed by atoms with E-state index in [9.17, 15) is 29.4 Å². The molecule has 4 amide bonds. The van der Waals surface area contributed by atoms with E-state index in [-0.39, 0.29) is 57.7 Å². The lowest BCUT2D eigenvalue weighted by atomic mass is 9.83. The molecule has 3 aliphatic heterocycles. The van der Waals surface area contributed by atoms with Crippen molar-refractivity contribution >= 4 is 23.8 Å². The lowest BCUT2D eigenvalue weighted by molar-refractivity contribution is -0.144. The van der Waals surface area contributed by atoms with Crippen LogP contribution in [0.1, 0.15) is 62.5 Å². The number of unbranched alkanes of at least 4 members (excludes halogenated alkanes) is 2.